The Balaban J connectivity index is 2.60. The summed E-state index contributed by atoms with van der Waals surface area (Å²) in [4.78, 5) is 11.1. The summed E-state index contributed by atoms with van der Waals surface area (Å²) in [5, 5.41) is 9.15. The summed E-state index contributed by atoms with van der Waals surface area (Å²) in [6, 6.07) is 9.62. The average molecular weight is 236 g/mol. The van der Waals surface area contributed by atoms with Crippen LogP contribution in [0, 0.1) is 11.8 Å². The van der Waals surface area contributed by atoms with Crippen LogP contribution in [0.2, 0.25) is 0 Å². The molecule has 3 nitrogen and oxygen atoms in total. The quantitative estimate of drug-likeness (QED) is 0.826. The molecule has 0 unspecified atom stereocenters. The fraction of sp³-hybridized carbons (Fsp3) is 0.500. The van der Waals surface area contributed by atoms with Gasteiger partial charge < -0.3 is 9.84 Å². The van der Waals surface area contributed by atoms with Crippen molar-refractivity contribution >= 4 is 5.97 Å². The lowest BCUT2D eigenvalue weighted by Gasteiger charge is -2.23. The molecule has 2 atom stereocenters. The lowest BCUT2D eigenvalue weighted by Crippen LogP contribution is -2.33. The third-order valence-electron chi connectivity index (χ3n) is 3.04. The minimum Gasteiger partial charge on any atom is -0.479 e. The molecule has 0 fully saturated rings. The first-order chi connectivity index (χ1) is 8.02. The van der Waals surface area contributed by atoms with E-state index in [0.29, 0.717) is 6.61 Å². The summed E-state index contributed by atoms with van der Waals surface area (Å²) < 4.78 is 5.51. The number of ether oxygens (including phenoxy) is 1. The van der Waals surface area contributed by atoms with Crippen molar-refractivity contribution in [2.75, 3.05) is 0 Å². The highest BCUT2D eigenvalue weighted by Gasteiger charge is 2.27. The number of hydrogen-bond acceptors (Lipinski definition) is 2. The highest BCUT2D eigenvalue weighted by atomic mass is 16.5. The number of aliphatic carboxylic acids is 1. The van der Waals surface area contributed by atoms with Crippen LogP contribution in [-0.2, 0) is 16.1 Å². The Morgan fingerprint density at radius 1 is 1.24 bits per heavy atom. The molecule has 0 amide bonds. The Hall–Kier alpha value is -1.35. The predicted molar refractivity (Wildman–Crippen MR) is 66.7 cm³/mol. The maximum absolute atomic E-state index is 11.1. The molecule has 3 heteroatoms. The van der Waals surface area contributed by atoms with Crippen molar-refractivity contribution in [3.8, 4) is 0 Å². The SMILES string of the molecule is CC(C)[C@H](C)[C@@H](OCc1ccccc1)C(=O)O. The maximum atomic E-state index is 11.1. The second kappa shape index (κ2) is 6.40. The van der Waals surface area contributed by atoms with E-state index in [0.717, 1.165) is 5.56 Å². The van der Waals surface area contributed by atoms with E-state index in [1.54, 1.807) is 0 Å². The van der Waals surface area contributed by atoms with E-state index in [1.807, 2.05) is 51.1 Å². The predicted octanol–water partition coefficient (Wildman–Crippen LogP) is 2.95. The standard InChI is InChI=1S/C14H20O3/c1-10(2)11(3)13(14(15)16)17-9-12-7-5-4-6-8-12/h4-8,10-11,13H,9H2,1-3H3,(H,15,16)/t11-,13+/m0/s1. The molecule has 1 rings (SSSR count). The van der Waals surface area contributed by atoms with Crippen molar-refractivity contribution < 1.29 is 14.6 Å². The van der Waals surface area contributed by atoms with Gasteiger partial charge >= 0.3 is 5.97 Å². The van der Waals surface area contributed by atoms with Crippen LogP contribution < -0.4 is 0 Å². The molecule has 0 aliphatic heterocycles. The molecule has 0 aliphatic carbocycles. The van der Waals surface area contributed by atoms with E-state index in [1.165, 1.54) is 0 Å². The van der Waals surface area contributed by atoms with Crippen molar-refractivity contribution in [2.45, 2.75) is 33.5 Å². The second-order valence-electron chi connectivity index (χ2n) is 4.66. The van der Waals surface area contributed by atoms with Crippen LogP contribution in [0.1, 0.15) is 26.3 Å². The summed E-state index contributed by atoms with van der Waals surface area (Å²) in [5.41, 5.74) is 0.995. The third-order valence-corrected chi connectivity index (χ3v) is 3.04. The summed E-state index contributed by atoms with van der Waals surface area (Å²) in [6.07, 6.45) is -0.741. The topological polar surface area (TPSA) is 46.5 Å². The van der Waals surface area contributed by atoms with Gasteiger partial charge in [-0.15, -0.1) is 0 Å². The van der Waals surface area contributed by atoms with E-state index in [4.69, 9.17) is 9.84 Å². The zero-order valence-electron chi connectivity index (χ0n) is 10.6. The van der Waals surface area contributed by atoms with Gasteiger partial charge in [-0.05, 0) is 17.4 Å². The van der Waals surface area contributed by atoms with E-state index < -0.39 is 12.1 Å². The molecule has 17 heavy (non-hydrogen) atoms. The lowest BCUT2D eigenvalue weighted by atomic mass is 9.92. The Bertz CT molecular complexity index is 346. The first kappa shape index (κ1) is 13.7. The van der Waals surface area contributed by atoms with Crippen LogP contribution >= 0.6 is 0 Å². The zero-order valence-corrected chi connectivity index (χ0v) is 10.6. The normalized spacial score (nSPS) is 14.6. The van der Waals surface area contributed by atoms with Crippen LogP contribution in [0.4, 0.5) is 0 Å². The number of carbonyl (C=O) groups is 1. The number of hydrogen-bond donors (Lipinski definition) is 1. The van der Waals surface area contributed by atoms with Gasteiger partial charge in [0, 0.05) is 0 Å². The molecule has 0 radical (unpaired) electrons. The Kier molecular flexibility index (Phi) is 5.16. The van der Waals surface area contributed by atoms with Gasteiger partial charge in [-0.3, -0.25) is 0 Å². The van der Waals surface area contributed by atoms with Gasteiger partial charge in [-0.25, -0.2) is 4.79 Å². The maximum Gasteiger partial charge on any atom is 0.333 e. The number of benzene rings is 1. The molecule has 1 aromatic rings. The monoisotopic (exact) mass is 236 g/mol. The first-order valence-corrected chi connectivity index (χ1v) is 5.90. The van der Waals surface area contributed by atoms with Crippen molar-refractivity contribution in [2.24, 2.45) is 11.8 Å². The van der Waals surface area contributed by atoms with Gasteiger partial charge in [0.05, 0.1) is 6.61 Å². The molecule has 0 aliphatic rings. The van der Waals surface area contributed by atoms with Crippen molar-refractivity contribution in [1.29, 1.82) is 0 Å². The molecule has 1 aromatic carbocycles. The summed E-state index contributed by atoms with van der Waals surface area (Å²) in [7, 11) is 0. The fourth-order valence-electron chi connectivity index (χ4n) is 1.56. The first-order valence-electron chi connectivity index (χ1n) is 5.90. The smallest absolute Gasteiger partial charge is 0.333 e. The van der Waals surface area contributed by atoms with Crippen LogP contribution in [0.5, 0.6) is 0 Å². The molecule has 94 valence electrons. The molecule has 0 aromatic heterocycles. The molecule has 0 saturated heterocycles. The molecule has 0 heterocycles. The van der Waals surface area contributed by atoms with E-state index in [9.17, 15) is 4.79 Å². The van der Waals surface area contributed by atoms with Crippen LogP contribution in [-0.4, -0.2) is 17.2 Å². The average Bonchev–Trinajstić information content (AvgIpc) is 2.29. The van der Waals surface area contributed by atoms with E-state index >= 15 is 0 Å². The highest BCUT2D eigenvalue weighted by Crippen LogP contribution is 2.19. The molecular weight excluding hydrogens is 216 g/mol. The minimum absolute atomic E-state index is 0.00351. The third kappa shape index (κ3) is 4.19. The van der Waals surface area contributed by atoms with Gasteiger partial charge in [0.2, 0.25) is 0 Å². The number of carboxylic acids is 1. The van der Waals surface area contributed by atoms with Gasteiger partial charge in [0.1, 0.15) is 0 Å². The molecule has 0 saturated carbocycles. The van der Waals surface area contributed by atoms with Gasteiger partial charge in [0.25, 0.3) is 0 Å². The molecular formula is C14H20O3. The molecule has 1 N–H and O–H groups in total. The van der Waals surface area contributed by atoms with Crippen LogP contribution in [0.25, 0.3) is 0 Å². The van der Waals surface area contributed by atoms with Crippen LogP contribution in [0.15, 0.2) is 30.3 Å². The zero-order chi connectivity index (χ0) is 12.8. The summed E-state index contributed by atoms with van der Waals surface area (Å²) >= 11 is 0. The minimum atomic E-state index is -0.887. The Morgan fingerprint density at radius 3 is 2.29 bits per heavy atom. The van der Waals surface area contributed by atoms with Gasteiger partial charge in [-0.2, -0.15) is 0 Å². The molecule has 0 spiro atoms. The van der Waals surface area contributed by atoms with Crippen LogP contribution in [0.3, 0.4) is 0 Å². The Morgan fingerprint density at radius 2 is 1.82 bits per heavy atom. The lowest BCUT2D eigenvalue weighted by molar-refractivity contribution is -0.156. The van der Waals surface area contributed by atoms with Gasteiger partial charge in [-0.1, -0.05) is 51.1 Å². The number of rotatable bonds is 6. The summed E-state index contributed by atoms with van der Waals surface area (Å²) in [5.74, 6) is -0.606. The Labute approximate surface area is 102 Å². The van der Waals surface area contributed by atoms with E-state index in [-0.39, 0.29) is 11.8 Å². The second-order valence-corrected chi connectivity index (χ2v) is 4.66. The van der Waals surface area contributed by atoms with Crippen molar-refractivity contribution in [3.63, 3.8) is 0 Å². The summed E-state index contributed by atoms with van der Waals surface area (Å²) in [6.45, 7) is 6.27. The van der Waals surface area contributed by atoms with E-state index in [2.05, 4.69) is 0 Å². The van der Waals surface area contributed by atoms with Crippen molar-refractivity contribution in [3.05, 3.63) is 35.9 Å². The largest absolute Gasteiger partial charge is 0.479 e. The molecule has 0 bridgehead atoms. The van der Waals surface area contributed by atoms with Crippen molar-refractivity contribution in [1.82, 2.24) is 0 Å². The fourth-order valence-corrected chi connectivity index (χ4v) is 1.56. The number of carboxylic acid groups (broad SMARTS) is 1. The van der Waals surface area contributed by atoms with Gasteiger partial charge in [0.15, 0.2) is 6.10 Å². The highest BCUT2D eigenvalue weighted by molar-refractivity contribution is 5.72.